The predicted octanol–water partition coefficient (Wildman–Crippen LogP) is 6.29. The first kappa shape index (κ1) is 26.5. The molecule has 0 aliphatic carbocycles. The van der Waals surface area contributed by atoms with E-state index in [9.17, 15) is 9.59 Å². The monoisotopic (exact) mass is 682 g/mol. The van der Waals surface area contributed by atoms with Crippen LogP contribution < -0.4 is 21.6 Å². The average molecular weight is 684 g/mol. The van der Waals surface area contributed by atoms with Crippen LogP contribution in [-0.2, 0) is 4.79 Å². The number of nitrogens with zero attached hydrogens (tertiary/aromatic N) is 3. The van der Waals surface area contributed by atoms with Crippen LogP contribution in [0.15, 0.2) is 128 Å². The Morgan fingerprint density at radius 2 is 1.36 bits per heavy atom. The van der Waals surface area contributed by atoms with Crippen LogP contribution in [-0.4, -0.2) is 21.5 Å². The van der Waals surface area contributed by atoms with E-state index in [2.05, 4.69) is 47.4 Å². The largest absolute Gasteiger partial charge is 0.385 e. The highest BCUT2D eigenvalue weighted by Crippen LogP contribution is 2.58. The quantitative estimate of drug-likeness (QED) is 0.207. The Morgan fingerprint density at radius 3 is 2.00 bits per heavy atom. The van der Waals surface area contributed by atoms with E-state index in [-0.39, 0.29) is 17.3 Å². The highest BCUT2D eigenvalue weighted by molar-refractivity contribution is 9.10. The van der Waals surface area contributed by atoms with Crippen molar-refractivity contribution in [3.05, 3.63) is 145 Å². The number of amidine groups is 1. The van der Waals surface area contributed by atoms with Crippen molar-refractivity contribution in [2.45, 2.75) is 12.0 Å². The van der Waals surface area contributed by atoms with Crippen molar-refractivity contribution in [2.75, 3.05) is 10.3 Å². The third-order valence-electron chi connectivity index (χ3n) is 7.97. The topological polar surface area (TPSA) is 109 Å². The molecule has 8 nitrogen and oxygen atoms in total. The maximum absolute atomic E-state index is 15.0. The lowest BCUT2D eigenvalue weighted by Crippen LogP contribution is -2.56. The Labute approximate surface area is 258 Å². The van der Waals surface area contributed by atoms with E-state index in [1.54, 1.807) is 0 Å². The zero-order valence-electron chi connectivity index (χ0n) is 22.0. The number of carbonyl (C=O) groups excluding carboxylic acids is 1. The lowest BCUT2D eigenvalue weighted by Gasteiger charge is -2.45. The molecule has 3 atom stereocenters. The van der Waals surface area contributed by atoms with Gasteiger partial charge in [-0.05, 0) is 59.7 Å². The van der Waals surface area contributed by atoms with Gasteiger partial charge < -0.3 is 11.1 Å². The minimum absolute atomic E-state index is 0.122. The van der Waals surface area contributed by atoms with Crippen LogP contribution in [0.25, 0.3) is 5.69 Å². The van der Waals surface area contributed by atoms with Gasteiger partial charge in [0.1, 0.15) is 17.1 Å². The summed E-state index contributed by atoms with van der Waals surface area (Å²) in [5.41, 5.74) is 8.39. The number of fused-ring (bicyclic) bond motifs is 1. The summed E-state index contributed by atoms with van der Waals surface area (Å²) in [5, 5.41) is 12.9. The van der Waals surface area contributed by atoms with Gasteiger partial charge in [0.2, 0.25) is 0 Å². The second kappa shape index (κ2) is 10.1. The maximum atomic E-state index is 15.0. The molecule has 5 aromatic rings. The van der Waals surface area contributed by atoms with Crippen molar-refractivity contribution in [2.24, 2.45) is 16.3 Å². The summed E-state index contributed by atoms with van der Waals surface area (Å²) in [6.07, 6.45) is 0. The van der Waals surface area contributed by atoms with Gasteiger partial charge in [0.15, 0.2) is 0 Å². The van der Waals surface area contributed by atoms with Crippen molar-refractivity contribution >= 4 is 55.1 Å². The maximum Gasteiger partial charge on any atom is 0.277 e. The van der Waals surface area contributed by atoms with Gasteiger partial charge in [0.05, 0.1) is 23.0 Å². The fourth-order valence-corrected chi connectivity index (χ4v) is 7.03. The highest BCUT2D eigenvalue weighted by Gasteiger charge is 2.65. The molecule has 42 heavy (non-hydrogen) atoms. The number of hydrazone groups is 1. The zero-order chi connectivity index (χ0) is 29.0. The summed E-state index contributed by atoms with van der Waals surface area (Å²) in [7, 11) is 0. The number of benzene rings is 4. The number of halogens is 2. The summed E-state index contributed by atoms with van der Waals surface area (Å²) in [4.78, 5) is 29.3. The molecular weight excluding hydrogens is 660 g/mol. The zero-order valence-corrected chi connectivity index (χ0v) is 25.2. The van der Waals surface area contributed by atoms with Gasteiger partial charge in [-0.25, -0.2) is 4.68 Å². The van der Waals surface area contributed by atoms with Crippen LogP contribution in [0.3, 0.4) is 0 Å². The van der Waals surface area contributed by atoms with Crippen LogP contribution in [0.4, 0.5) is 11.5 Å². The molecule has 3 heterocycles. The summed E-state index contributed by atoms with van der Waals surface area (Å²) in [6.45, 7) is 0. The Balaban J connectivity index is 1.56. The fourth-order valence-electron chi connectivity index (χ4n) is 6.20. The Morgan fingerprint density at radius 1 is 0.762 bits per heavy atom. The van der Waals surface area contributed by atoms with Gasteiger partial charge in [-0.15, -0.1) is 0 Å². The summed E-state index contributed by atoms with van der Waals surface area (Å²) in [5.74, 6) is -0.473. The molecule has 0 bridgehead atoms. The minimum Gasteiger partial charge on any atom is -0.385 e. The molecule has 7 rings (SSSR count). The number of carbonyl (C=O) groups is 1. The first-order chi connectivity index (χ1) is 20.4. The number of hydrogen-bond donors (Lipinski definition) is 3. The van der Waals surface area contributed by atoms with E-state index >= 15 is 0 Å². The molecule has 2 aliphatic heterocycles. The Bertz CT molecular complexity index is 1920. The number of anilines is 2. The number of nitrogens with one attached hydrogen (secondary N) is 2. The van der Waals surface area contributed by atoms with E-state index in [0.717, 1.165) is 20.1 Å². The molecule has 0 saturated heterocycles. The third kappa shape index (κ3) is 3.97. The van der Waals surface area contributed by atoms with E-state index in [1.165, 1.54) is 9.69 Å². The molecule has 1 spiro atoms. The number of rotatable bonds is 4. The van der Waals surface area contributed by atoms with Gasteiger partial charge >= 0.3 is 0 Å². The fraction of sp³-hybridized carbons (Fsp3) is 0.0938. The van der Waals surface area contributed by atoms with E-state index < -0.39 is 17.4 Å². The van der Waals surface area contributed by atoms with Crippen LogP contribution in [0, 0.1) is 5.41 Å². The predicted molar refractivity (Wildman–Crippen MR) is 171 cm³/mol. The van der Waals surface area contributed by atoms with E-state index in [0.29, 0.717) is 22.8 Å². The number of nitrogens with two attached hydrogens (primary N) is 1. The normalized spacial score (nSPS) is 21.2. The lowest BCUT2D eigenvalue weighted by molar-refractivity contribution is -0.125. The Kier molecular flexibility index (Phi) is 6.40. The second-order valence-electron chi connectivity index (χ2n) is 10.3. The van der Waals surface area contributed by atoms with Crippen molar-refractivity contribution < 1.29 is 4.79 Å². The van der Waals surface area contributed by atoms with Gasteiger partial charge in [-0.3, -0.25) is 14.7 Å². The molecule has 0 radical (unpaired) electrons. The van der Waals surface area contributed by atoms with Gasteiger partial charge in [-0.2, -0.15) is 10.1 Å². The van der Waals surface area contributed by atoms with E-state index in [1.807, 2.05) is 109 Å². The summed E-state index contributed by atoms with van der Waals surface area (Å²) in [6, 6.07) is 33.3. The SMILES string of the molecule is NC1=NN(c2ccccc2)C(=O)C12[C@@H](c1cccc(Br)c1)c1c([nH]n(-c3ccccc3)c1=O)N[C@H]2c1cccc(Br)c1. The molecule has 0 saturated carbocycles. The van der Waals surface area contributed by atoms with Gasteiger partial charge in [0.25, 0.3) is 11.5 Å². The van der Waals surface area contributed by atoms with Crippen molar-refractivity contribution in [1.82, 2.24) is 9.78 Å². The minimum atomic E-state index is -1.49. The second-order valence-corrected chi connectivity index (χ2v) is 12.1. The first-order valence-electron chi connectivity index (χ1n) is 13.3. The average Bonchev–Trinajstić information content (AvgIpc) is 3.47. The van der Waals surface area contributed by atoms with Crippen LogP contribution in [0.2, 0.25) is 0 Å². The van der Waals surface area contributed by atoms with Crippen LogP contribution in [0.5, 0.6) is 0 Å². The molecule has 1 amide bonds. The molecule has 2 aliphatic rings. The molecule has 0 fully saturated rings. The van der Waals surface area contributed by atoms with Crippen LogP contribution >= 0.6 is 31.9 Å². The first-order valence-corrected chi connectivity index (χ1v) is 14.9. The standard InChI is InChI=1S/C32H24Br2N6O2/c33-21-11-7-9-19(17-21)26-25-28(37-39(29(25)41)23-13-3-1-4-14-23)36-27(20-10-8-12-22(34)18-20)32(26)30(35)38-40(31(32)42)24-15-5-2-6-16-24/h1-18,26-27,36-37H,(H2,35,38)/t26-,27-,32?/m0/s1. The molecule has 10 heteroatoms. The molecule has 4 aromatic carbocycles. The number of aromatic amines is 1. The lowest BCUT2D eigenvalue weighted by atomic mass is 9.60. The van der Waals surface area contributed by atoms with Crippen molar-refractivity contribution in [3.8, 4) is 5.69 Å². The number of para-hydroxylation sites is 2. The molecular formula is C32H24Br2N6O2. The number of aromatic nitrogens is 2. The van der Waals surface area contributed by atoms with Gasteiger partial charge in [-0.1, -0.05) is 92.5 Å². The van der Waals surface area contributed by atoms with E-state index in [4.69, 9.17) is 5.73 Å². The molecule has 208 valence electrons. The molecule has 1 aromatic heterocycles. The highest BCUT2D eigenvalue weighted by atomic mass is 79.9. The Hall–Kier alpha value is -4.41. The van der Waals surface area contributed by atoms with Crippen molar-refractivity contribution in [1.29, 1.82) is 0 Å². The van der Waals surface area contributed by atoms with Crippen LogP contribution in [0.1, 0.15) is 28.7 Å². The number of hydrogen-bond acceptors (Lipinski definition) is 5. The third-order valence-corrected chi connectivity index (χ3v) is 8.96. The number of amides is 1. The number of H-pyrrole nitrogens is 1. The summed E-state index contributed by atoms with van der Waals surface area (Å²) < 4.78 is 3.16. The van der Waals surface area contributed by atoms with Crippen molar-refractivity contribution in [3.63, 3.8) is 0 Å². The summed E-state index contributed by atoms with van der Waals surface area (Å²) >= 11 is 7.20. The molecule has 4 N–H and O–H groups in total. The molecule has 1 unspecified atom stereocenters. The smallest absolute Gasteiger partial charge is 0.277 e. The van der Waals surface area contributed by atoms with Gasteiger partial charge in [0, 0.05) is 14.9 Å².